The van der Waals surface area contributed by atoms with Crippen molar-refractivity contribution in [3.05, 3.63) is 60.2 Å². The number of aryl methyl sites for hydroxylation is 1. The highest BCUT2D eigenvalue weighted by Crippen LogP contribution is 2.69. The lowest BCUT2D eigenvalue weighted by Crippen LogP contribution is -2.37. The van der Waals surface area contributed by atoms with E-state index in [1.165, 1.54) is 43.4 Å². The molecule has 0 saturated heterocycles. The first-order valence-electron chi connectivity index (χ1n) is 11.4. The van der Waals surface area contributed by atoms with Gasteiger partial charge < -0.3 is 0 Å². The first kappa shape index (κ1) is 21.9. The van der Waals surface area contributed by atoms with Crippen LogP contribution in [0.1, 0.15) is 69.8 Å². The summed E-state index contributed by atoms with van der Waals surface area (Å²) in [6.45, 7) is 1.98. The number of hydrogen-bond acceptors (Lipinski definition) is 2. The van der Waals surface area contributed by atoms with Crippen molar-refractivity contribution >= 4 is 20.4 Å². The van der Waals surface area contributed by atoms with Crippen LogP contribution in [0.4, 0.5) is 0 Å². The van der Waals surface area contributed by atoms with Crippen molar-refractivity contribution in [2.45, 2.75) is 91.4 Å². The summed E-state index contributed by atoms with van der Waals surface area (Å²) in [4.78, 5) is 1.52. The second-order valence-electron chi connectivity index (χ2n) is 8.87. The molecule has 4 rings (SSSR count). The molecule has 2 aliphatic carbocycles. The monoisotopic (exact) mass is 447 g/mol. The normalized spacial score (nSPS) is 20.2. The van der Waals surface area contributed by atoms with Crippen LogP contribution < -0.4 is 0 Å². The third-order valence-corrected chi connectivity index (χ3v) is 13.4. The minimum atomic E-state index is -3.72. The standard InChI is InChI=1S/C25H34O3S2/c1-21-17-19-25(20-18-21)30(26,27)28-29(22-11-5-2-6-12-22,23-13-7-3-8-14-23)24-15-9-4-10-16-24/h2,5-6,11-12,17-20,23-24H,3-4,7-10,13-16H2,1H3/p+1. The molecule has 0 spiro atoms. The Kier molecular flexibility index (Phi) is 6.91. The molecule has 0 heterocycles. The highest BCUT2D eigenvalue weighted by atomic mass is 32.3. The summed E-state index contributed by atoms with van der Waals surface area (Å²) in [5.41, 5.74) is 1.06. The largest absolute Gasteiger partial charge is 0.421 e. The predicted molar refractivity (Wildman–Crippen MR) is 127 cm³/mol. The van der Waals surface area contributed by atoms with Gasteiger partial charge in [0.2, 0.25) is 0 Å². The van der Waals surface area contributed by atoms with Crippen molar-refractivity contribution in [1.82, 2.24) is 0 Å². The van der Waals surface area contributed by atoms with Gasteiger partial charge in [-0.25, -0.2) is 0 Å². The number of rotatable bonds is 6. The lowest BCUT2D eigenvalue weighted by molar-refractivity contribution is 0.355. The molecule has 164 valence electrons. The van der Waals surface area contributed by atoms with E-state index in [2.05, 4.69) is 24.3 Å². The topological polar surface area (TPSA) is 46.9 Å². The molecular weight excluding hydrogens is 412 g/mol. The predicted octanol–water partition coefficient (Wildman–Crippen LogP) is 7.22. The van der Waals surface area contributed by atoms with Gasteiger partial charge in [0.25, 0.3) is 0 Å². The van der Waals surface area contributed by atoms with Crippen LogP contribution in [0.3, 0.4) is 0 Å². The van der Waals surface area contributed by atoms with Gasteiger partial charge in [-0.05, 0) is 56.9 Å². The fourth-order valence-electron chi connectivity index (χ4n) is 5.22. The Balaban J connectivity index is 1.83. The van der Waals surface area contributed by atoms with Gasteiger partial charge in [0.1, 0.15) is 4.90 Å². The van der Waals surface area contributed by atoms with Crippen LogP contribution in [-0.4, -0.2) is 22.5 Å². The molecule has 0 radical (unpaired) electrons. The summed E-state index contributed by atoms with van der Waals surface area (Å²) in [6, 6.07) is 17.7. The average Bonchev–Trinajstić information content (AvgIpc) is 2.79. The Morgan fingerprint density at radius 2 is 1.17 bits per heavy atom. The molecule has 2 saturated carbocycles. The van der Waals surface area contributed by atoms with Gasteiger partial charge >= 0.3 is 10.1 Å². The van der Waals surface area contributed by atoms with Gasteiger partial charge in [0.15, 0.2) is 0 Å². The molecule has 0 amide bonds. The number of benzene rings is 2. The summed E-state index contributed by atoms with van der Waals surface area (Å²) in [5, 5.41) is 0.744. The summed E-state index contributed by atoms with van der Waals surface area (Å²) >= 11 is 0. The maximum absolute atomic E-state index is 13.7. The van der Waals surface area contributed by atoms with Gasteiger partial charge in [0.05, 0.1) is 15.4 Å². The van der Waals surface area contributed by atoms with Crippen molar-refractivity contribution in [2.24, 2.45) is 0 Å². The van der Waals surface area contributed by atoms with Crippen molar-refractivity contribution < 1.29 is 12.0 Å². The molecule has 2 fully saturated rings. The fraction of sp³-hybridized carbons (Fsp3) is 0.520. The van der Waals surface area contributed by atoms with E-state index in [-0.39, 0.29) is 0 Å². The molecule has 30 heavy (non-hydrogen) atoms. The van der Waals surface area contributed by atoms with Crippen LogP contribution in [0, 0.1) is 6.92 Å². The van der Waals surface area contributed by atoms with Crippen LogP contribution in [-0.2, 0) is 10.1 Å². The third kappa shape index (κ3) is 4.49. The van der Waals surface area contributed by atoms with E-state index in [4.69, 9.17) is 3.63 Å². The Morgan fingerprint density at radius 3 is 1.67 bits per heavy atom. The van der Waals surface area contributed by atoms with E-state index in [9.17, 15) is 8.42 Å². The molecule has 0 bridgehead atoms. The highest BCUT2D eigenvalue weighted by Gasteiger charge is 2.51. The summed E-state index contributed by atoms with van der Waals surface area (Å²) < 4.78 is 32.4. The van der Waals surface area contributed by atoms with Crippen LogP contribution in [0.5, 0.6) is 0 Å². The molecule has 2 aromatic rings. The molecule has 1 N–H and O–H groups in total. The lowest BCUT2D eigenvalue weighted by atomic mass is 10.00. The SMILES string of the molecule is Cc1ccc(S(=O)(=O)[OH+]S(c2ccccc2)(C2CCCCC2)C2CCCCC2)cc1. The lowest BCUT2D eigenvalue weighted by Gasteiger charge is -2.48. The zero-order chi connectivity index (χ0) is 21.0. The van der Waals surface area contributed by atoms with Gasteiger partial charge in [0, 0.05) is 10.3 Å². The van der Waals surface area contributed by atoms with Crippen molar-refractivity contribution in [3.63, 3.8) is 0 Å². The van der Waals surface area contributed by atoms with E-state index < -0.39 is 20.4 Å². The van der Waals surface area contributed by atoms with E-state index in [0.29, 0.717) is 15.4 Å². The fourth-order valence-corrected chi connectivity index (χ4v) is 12.7. The van der Waals surface area contributed by atoms with Crippen LogP contribution >= 0.6 is 10.3 Å². The molecule has 0 aromatic heterocycles. The van der Waals surface area contributed by atoms with Crippen LogP contribution in [0.2, 0.25) is 0 Å². The minimum absolute atomic E-state index is 0.340. The second kappa shape index (κ2) is 9.46. The molecule has 2 aromatic carbocycles. The maximum atomic E-state index is 13.7. The average molecular weight is 448 g/mol. The van der Waals surface area contributed by atoms with E-state index in [1.54, 1.807) is 12.1 Å². The van der Waals surface area contributed by atoms with E-state index >= 15 is 0 Å². The molecule has 0 unspecified atom stereocenters. The number of hydrogen-bond donors (Lipinski definition) is 0. The van der Waals surface area contributed by atoms with Gasteiger partial charge in [-0.15, -0.1) is 8.42 Å². The quantitative estimate of drug-likeness (QED) is 0.346. The summed E-state index contributed by atoms with van der Waals surface area (Å²) in [7, 11) is -5.58. The molecule has 5 heteroatoms. The molecular formula is C25H35O3S2+. The van der Waals surface area contributed by atoms with Gasteiger partial charge in [-0.3, -0.25) is 3.63 Å². The third-order valence-electron chi connectivity index (χ3n) is 6.78. The van der Waals surface area contributed by atoms with E-state index in [0.717, 1.165) is 31.2 Å². The Labute approximate surface area is 183 Å². The Bertz CT molecular complexity index is 893. The summed E-state index contributed by atoms with van der Waals surface area (Å²) in [6.07, 6.45) is 11.7. The van der Waals surface area contributed by atoms with Crippen LogP contribution in [0.25, 0.3) is 0 Å². The first-order valence-corrected chi connectivity index (χ1v) is 14.6. The second-order valence-corrected chi connectivity index (χ2v) is 14.0. The Hall–Kier alpha value is -1.30. The smallest absolute Gasteiger partial charge is 0.265 e. The molecule has 0 atom stereocenters. The molecule has 3 nitrogen and oxygen atoms in total. The van der Waals surface area contributed by atoms with Crippen molar-refractivity contribution in [3.8, 4) is 0 Å². The highest BCUT2D eigenvalue weighted by molar-refractivity contribution is 8.33. The zero-order valence-electron chi connectivity index (χ0n) is 18.0. The summed E-state index contributed by atoms with van der Waals surface area (Å²) in [5.74, 6) is 0. The maximum Gasteiger partial charge on any atom is 0.421 e. The van der Waals surface area contributed by atoms with E-state index in [1.807, 2.05) is 25.1 Å². The van der Waals surface area contributed by atoms with Gasteiger partial charge in [-0.1, -0.05) is 74.4 Å². The van der Waals surface area contributed by atoms with Gasteiger partial charge in [-0.2, -0.15) is 0 Å². The zero-order valence-corrected chi connectivity index (χ0v) is 19.6. The first-order chi connectivity index (χ1) is 14.5. The van der Waals surface area contributed by atoms with Crippen molar-refractivity contribution in [1.29, 1.82) is 0 Å². The van der Waals surface area contributed by atoms with Crippen LogP contribution in [0.15, 0.2) is 64.4 Å². The molecule has 0 aliphatic heterocycles. The molecule has 2 aliphatic rings. The van der Waals surface area contributed by atoms with Crippen molar-refractivity contribution in [2.75, 3.05) is 0 Å². The minimum Gasteiger partial charge on any atom is -0.265 e. The Morgan fingerprint density at radius 1 is 0.667 bits per heavy atom.